The van der Waals surface area contributed by atoms with Crippen molar-refractivity contribution in [2.24, 2.45) is 0 Å². The summed E-state index contributed by atoms with van der Waals surface area (Å²) < 4.78 is 5.54. The minimum atomic E-state index is 0.157. The molecular weight excluding hydrogens is 262 g/mol. The highest BCUT2D eigenvalue weighted by Gasteiger charge is 2.41. The molecule has 0 unspecified atom stereocenters. The molecule has 0 aliphatic heterocycles. The number of carbonyl (C=O) groups excluding carboxylic acids is 1. The second-order valence-corrected chi connectivity index (χ2v) is 5.67. The van der Waals surface area contributed by atoms with Gasteiger partial charge in [-0.3, -0.25) is 4.79 Å². The Balaban J connectivity index is 1.89. The summed E-state index contributed by atoms with van der Waals surface area (Å²) in [6.07, 6.45) is 2.50. The van der Waals surface area contributed by atoms with Crippen molar-refractivity contribution in [1.82, 2.24) is 5.32 Å². The fourth-order valence-electron chi connectivity index (χ4n) is 3.02. The number of carbonyl (C=O) groups is 1. The standard InChI is InChI=1S/C18H21NO2/c1-3-6-17(20)19-15-11-14(15)18-13-8-5-4-7-12(13)9-10-16(18)21-2/h4-5,7-10,14-15H,3,6,11H2,1-2H3,(H,19,20)/t14-,15-/m1/s1. The minimum Gasteiger partial charge on any atom is -0.496 e. The SMILES string of the molecule is CCCC(=O)N[C@@H]1C[C@H]1c1c(OC)ccc2ccccc12. The normalized spacial score (nSPS) is 20.3. The molecule has 21 heavy (non-hydrogen) atoms. The zero-order valence-corrected chi connectivity index (χ0v) is 12.6. The summed E-state index contributed by atoms with van der Waals surface area (Å²) in [5, 5.41) is 5.58. The van der Waals surface area contributed by atoms with E-state index in [-0.39, 0.29) is 11.9 Å². The summed E-state index contributed by atoms with van der Waals surface area (Å²) in [7, 11) is 1.71. The molecule has 1 saturated carbocycles. The second kappa shape index (κ2) is 5.76. The van der Waals surface area contributed by atoms with Gasteiger partial charge in [0.05, 0.1) is 7.11 Å². The Hall–Kier alpha value is -2.03. The van der Waals surface area contributed by atoms with Crippen molar-refractivity contribution in [3.05, 3.63) is 42.0 Å². The molecule has 0 saturated heterocycles. The predicted molar refractivity (Wildman–Crippen MR) is 84.7 cm³/mol. The molecule has 110 valence electrons. The van der Waals surface area contributed by atoms with Crippen LogP contribution >= 0.6 is 0 Å². The van der Waals surface area contributed by atoms with Gasteiger partial charge in [-0.05, 0) is 29.7 Å². The number of benzene rings is 2. The van der Waals surface area contributed by atoms with Crippen LogP contribution in [0.5, 0.6) is 5.75 Å². The number of rotatable bonds is 5. The van der Waals surface area contributed by atoms with Crippen LogP contribution in [-0.4, -0.2) is 19.1 Å². The summed E-state index contributed by atoms with van der Waals surface area (Å²) in [4.78, 5) is 11.7. The number of hydrogen-bond donors (Lipinski definition) is 1. The molecule has 2 aromatic carbocycles. The lowest BCUT2D eigenvalue weighted by atomic mass is 9.99. The fourth-order valence-corrected chi connectivity index (χ4v) is 3.02. The van der Waals surface area contributed by atoms with Gasteiger partial charge in [-0.15, -0.1) is 0 Å². The number of methoxy groups -OCH3 is 1. The van der Waals surface area contributed by atoms with Crippen molar-refractivity contribution in [1.29, 1.82) is 0 Å². The molecule has 1 aliphatic carbocycles. The van der Waals surface area contributed by atoms with Crippen LogP contribution < -0.4 is 10.1 Å². The van der Waals surface area contributed by atoms with Crippen molar-refractivity contribution in [2.75, 3.05) is 7.11 Å². The van der Waals surface area contributed by atoms with E-state index in [2.05, 4.69) is 29.6 Å². The Morgan fingerprint density at radius 1 is 1.29 bits per heavy atom. The molecule has 3 rings (SSSR count). The van der Waals surface area contributed by atoms with Crippen LogP contribution in [0.3, 0.4) is 0 Å². The Bertz CT molecular complexity index is 665. The first-order valence-electron chi connectivity index (χ1n) is 7.59. The highest BCUT2D eigenvalue weighted by atomic mass is 16.5. The van der Waals surface area contributed by atoms with Gasteiger partial charge in [-0.2, -0.15) is 0 Å². The third-order valence-electron chi connectivity index (χ3n) is 4.14. The molecule has 1 aliphatic rings. The van der Waals surface area contributed by atoms with Gasteiger partial charge in [0.2, 0.25) is 5.91 Å². The van der Waals surface area contributed by atoms with E-state index in [9.17, 15) is 4.79 Å². The lowest BCUT2D eigenvalue weighted by Gasteiger charge is -2.12. The van der Waals surface area contributed by atoms with Crippen LogP contribution in [0, 0.1) is 0 Å². The molecule has 0 spiro atoms. The molecule has 3 nitrogen and oxygen atoms in total. The number of fused-ring (bicyclic) bond motifs is 1. The molecule has 3 heteroatoms. The molecule has 0 bridgehead atoms. The zero-order chi connectivity index (χ0) is 14.8. The van der Waals surface area contributed by atoms with E-state index in [0.717, 1.165) is 18.6 Å². The maximum Gasteiger partial charge on any atom is 0.220 e. The van der Waals surface area contributed by atoms with E-state index in [1.54, 1.807) is 7.11 Å². The van der Waals surface area contributed by atoms with E-state index in [1.807, 2.05) is 19.1 Å². The van der Waals surface area contributed by atoms with Gasteiger partial charge in [0.15, 0.2) is 0 Å². The van der Waals surface area contributed by atoms with Crippen molar-refractivity contribution in [3.8, 4) is 5.75 Å². The third-order valence-corrected chi connectivity index (χ3v) is 4.14. The molecule has 0 aromatic heterocycles. The smallest absolute Gasteiger partial charge is 0.220 e. The summed E-state index contributed by atoms with van der Waals surface area (Å²) in [6, 6.07) is 12.7. The monoisotopic (exact) mass is 283 g/mol. The molecule has 0 radical (unpaired) electrons. The van der Waals surface area contributed by atoms with Crippen LogP contribution in [0.1, 0.15) is 37.7 Å². The summed E-state index contributed by atoms with van der Waals surface area (Å²) in [6.45, 7) is 2.03. The number of ether oxygens (including phenoxy) is 1. The van der Waals surface area contributed by atoms with E-state index < -0.39 is 0 Å². The Labute approximate surface area is 125 Å². The number of hydrogen-bond acceptors (Lipinski definition) is 2. The highest BCUT2D eigenvalue weighted by Crippen LogP contribution is 2.47. The Morgan fingerprint density at radius 3 is 2.86 bits per heavy atom. The first kappa shape index (κ1) is 13.9. The number of amides is 1. The second-order valence-electron chi connectivity index (χ2n) is 5.67. The summed E-state index contributed by atoms with van der Waals surface area (Å²) in [5.74, 6) is 1.45. The van der Waals surface area contributed by atoms with Gasteiger partial charge in [-0.25, -0.2) is 0 Å². The number of nitrogens with one attached hydrogen (secondary N) is 1. The molecule has 2 aromatic rings. The van der Waals surface area contributed by atoms with Gasteiger partial charge in [0, 0.05) is 23.9 Å². The topological polar surface area (TPSA) is 38.3 Å². The molecule has 1 N–H and O–H groups in total. The maximum atomic E-state index is 11.7. The van der Waals surface area contributed by atoms with Gasteiger partial charge in [0.25, 0.3) is 0 Å². The van der Waals surface area contributed by atoms with Crippen LogP contribution in [0.15, 0.2) is 36.4 Å². The molecule has 1 fully saturated rings. The van der Waals surface area contributed by atoms with Crippen LogP contribution in [-0.2, 0) is 4.79 Å². The molecule has 0 heterocycles. The van der Waals surface area contributed by atoms with Crippen LogP contribution in [0.25, 0.3) is 10.8 Å². The van der Waals surface area contributed by atoms with Crippen LogP contribution in [0.2, 0.25) is 0 Å². The first-order chi connectivity index (χ1) is 10.2. The molecule has 2 atom stereocenters. The lowest BCUT2D eigenvalue weighted by molar-refractivity contribution is -0.121. The summed E-state index contributed by atoms with van der Waals surface area (Å²) in [5.41, 5.74) is 1.23. The Morgan fingerprint density at radius 2 is 2.10 bits per heavy atom. The predicted octanol–water partition coefficient (Wildman–Crippen LogP) is 3.62. The third kappa shape index (κ3) is 2.73. The quantitative estimate of drug-likeness (QED) is 0.910. The van der Waals surface area contributed by atoms with Crippen molar-refractivity contribution in [2.45, 2.75) is 38.1 Å². The van der Waals surface area contributed by atoms with Gasteiger partial charge >= 0.3 is 0 Å². The zero-order valence-electron chi connectivity index (χ0n) is 12.6. The summed E-state index contributed by atoms with van der Waals surface area (Å²) >= 11 is 0. The average Bonchev–Trinajstić information content (AvgIpc) is 3.24. The molecule has 1 amide bonds. The fraction of sp³-hybridized carbons (Fsp3) is 0.389. The van der Waals surface area contributed by atoms with Gasteiger partial charge in [0.1, 0.15) is 5.75 Å². The van der Waals surface area contributed by atoms with Crippen LogP contribution in [0.4, 0.5) is 0 Å². The van der Waals surface area contributed by atoms with E-state index >= 15 is 0 Å². The van der Waals surface area contributed by atoms with Gasteiger partial charge in [-0.1, -0.05) is 37.3 Å². The largest absolute Gasteiger partial charge is 0.496 e. The van der Waals surface area contributed by atoms with E-state index in [4.69, 9.17) is 4.74 Å². The Kier molecular flexibility index (Phi) is 3.82. The van der Waals surface area contributed by atoms with Crippen molar-refractivity contribution >= 4 is 16.7 Å². The lowest BCUT2D eigenvalue weighted by Crippen LogP contribution is -2.26. The maximum absolute atomic E-state index is 11.7. The molecular formula is C18H21NO2. The highest BCUT2D eigenvalue weighted by molar-refractivity contribution is 5.89. The van der Waals surface area contributed by atoms with Gasteiger partial charge < -0.3 is 10.1 Å². The van der Waals surface area contributed by atoms with E-state index in [0.29, 0.717) is 12.3 Å². The van der Waals surface area contributed by atoms with Crippen molar-refractivity contribution in [3.63, 3.8) is 0 Å². The van der Waals surface area contributed by atoms with Crippen molar-refractivity contribution < 1.29 is 9.53 Å². The average molecular weight is 283 g/mol. The minimum absolute atomic E-state index is 0.157. The van der Waals surface area contributed by atoms with E-state index in [1.165, 1.54) is 16.3 Å². The first-order valence-corrected chi connectivity index (χ1v) is 7.59.